The number of carbonyl (C=O) groups is 2. The van der Waals surface area contributed by atoms with E-state index in [2.05, 4.69) is 5.32 Å². The van der Waals surface area contributed by atoms with Crippen LogP contribution in [0.15, 0.2) is 36.4 Å². The van der Waals surface area contributed by atoms with Gasteiger partial charge in [-0.3, -0.25) is 0 Å². The van der Waals surface area contributed by atoms with Gasteiger partial charge in [0.2, 0.25) is 0 Å². The number of carboxylic acids is 2. The van der Waals surface area contributed by atoms with E-state index in [9.17, 15) is 9.59 Å². The van der Waals surface area contributed by atoms with Gasteiger partial charge in [-0.05, 0) is 6.07 Å². The zero-order valence-corrected chi connectivity index (χ0v) is 14.0. The summed E-state index contributed by atoms with van der Waals surface area (Å²) in [4.78, 5) is 19.1. The van der Waals surface area contributed by atoms with Crippen LogP contribution in [0.3, 0.4) is 0 Å². The van der Waals surface area contributed by atoms with Crippen molar-refractivity contribution >= 4 is 11.9 Å². The summed E-state index contributed by atoms with van der Waals surface area (Å²) in [7, 11) is 1.67. The Morgan fingerprint density at radius 2 is 1.96 bits per heavy atom. The second-order valence-electron chi connectivity index (χ2n) is 5.03. The second-order valence-corrected chi connectivity index (χ2v) is 5.03. The van der Waals surface area contributed by atoms with Gasteiger partial charge in [0.05, 0.1) is 33.0 Å². The third kappa shape index (κ3) is 9.46. The van der Waals surface area contributed by atoms with E-state index in [-0.39, 0.29) is 6.10 Å². The molecule has 0 spiro atoms. The number of para-hydroxylation sites is 1. The Kier molecular flexibility index (Phi) is 9.91. The Morgan fingerprint density at radius 3 is 2.52 bits per heavy atom. The summed E-state index contributed by atoms with van der Waals surface area (Å²) < 4.78 is 16.5. The highest BCUT2D eigenvalue weighted by molar-refractivity contribution is 5.89. The van der Waals surface area contributed by atoms with Crippen LogP contribution in [0.1, 0.15) is 5.56 Å². The molecule has 1 unspecified atom stereocenters. The van der Waals surface area contributed by atoms with E-state index >= 15 is 0 Å². The maximum Gasteiger partial charge on any atom is 0.328 e. The van der Waals surface area contributed by atoms with Crippen LogP contribution in [0, 0.1) is 0 Å². The molecule has 1 aliphatic rings. The van der Waals surface area contributed by atoms with E-state index in [1.807, 2.05) is 24.3 Å². The zero-order chi connectivity index (χ0) is 18.5. The summed E-state index contributed by atoms with van der Waals surface area (Å²) in [5, 5.41) is 18.9. The average Bonchev–Trinajstić information content (AvgIpc) is 2.62. The minimum absolute atomic E-state index is 0.165. The maximum absolute atomic E-state index is 9.55. The van der Waals surface area contributed by atoms with Gasteiger partial charge in [-0.2, -0.15) is 0 Å². The SMILES string of the molecule is COc1ccccc1COCC1CNCCO1.O=C(O)C=CC(=O)O. The number of aliphatic carboxylic acids is 2. The van der Waals surface area contributed by atoms with Crippen molar-refractivity contribution in [2.45, 2.75) is 12.7 Å². The molecule has 1 fully saturated rings. The molecular formula is C17H23NO7. The quantitative estimate of drug-likeness (QED) is 0.620. The van der Waals surface area contributed by atoms with Crippen molar-refractivity contribution < 1.29 is 34.0 Å². The lowest BCUT2D eigenvalue weighted by atomic mass is 10.2. The number of ether oxygens (including phenoxy) is 3. The fourth-order valence-electron chi connectivity index (χ4n) is 1.99. The molecule has 8 heteroatoms. The van der Waals surface area contributed by atoms with Gasteiger partial charge in [0.1, 0.15) is 5.75 Å². The standard InChI is InChI=1S/C13H19NO3.C4H4O4/c1-15-13-5-3-2-4-11(13)9-16-10-12-8-14-6-7-17-12;5-3(6)1-2-4(7)8/h2-5,12,14H,6-10H2,1H3;1-2H,(H,5,6)(H,7,8). The molecule has 1 saturated heterocycles. The molecule has 1 aromatic rings. The van der Waals surface area contributed by atoms with Gasteiger partial charge in [0.15, 0.2) is 0 Å². The predicted molar refractivity (Wildman–Crippen MR) is 89.7 cm³/mol. The maximum atomic E-state index is 9.55. The summed E-state index contributed by atoms with van der Waals surface area (Å²) in [5.41, 5.74) is 1.07. The van der Waals surface area contributed by atoms with Crippen LogP contribution >= 0.6 is 0 Å². The lowest BCUT2D eigenvalue weighted by Crippen LogP contribution is -2.40. The molecule has 1 atom stereocenters. The number of benzene rings is 1. The number of carboxylic acid groups (broad SMARTS) is 2. The Hall–Kier alpha value is -2.42. The normalized spacial score (nSPS) is 16.8. The van der Waals surface area contributed by atoms with E-state index in [0.717, 1.165) is 31.0 Å². The van der Waals surface area contributed by atoms with Crippen LogP contribution in [0.25, 0.3) is 0 Å². The van der Waals surface area contributed by atoms with Crippen LogP contribution in [0.2, 0.25) is 0 Å². The Bertz CT molecular complexity index is 552. The molecule has 0 radical (unpaired) electrons. The summed E-state index contributed by atoms with van der Waals surface area (Å²) >= 11 is 0. The van der Waals surface area contributed by atoms with Gasteiger partial charge in [0.25, 0.3) is 0 Å². The Morgan fingerprint density at radius 1 is 1.28 bits per heavy atom. The van der Waals surface area contributed by atoms with Crippen molar-refractivity contribution in [2.24, 2.45) is 0 Å². The number of hydrogen-bond acceptors (Lipinski definition) is 6. The number of methoxy groups -OCH3 is 1. The first-order valence-corrected chi connectivity index (χ1v) is 7.68. The van der Waals surface area contributed by atoms with Crippen molar-refractivity contribution in [3.8, 4) is 5.75 Å². The average molecular weight is 353 g/mol. The van der Waals surface area contributed by atoms with Gasteiger partial charge in [0, 0.05) is 30.8 Å². The van der Waals surface area contributed by atoms with Gasteiger partial charge in [-0.25, -0.2) is 9.59 Å². The first-order chi connectivity index (χ1) is 12.0. The highest BCUT2D eigenvalue weighted by Crippen LogP contribution is 2.18. The highest BCUT2D eigenvalue weighted by atomic mass is 16.5. The minimum atomic E-state index is -1.26. The van der Waals surface area contributed by atoms with E-state index in [4.69, 9.17) is 24.4 Å². The summed E-state index contributed by atoms with van der Waals surface area (Å²) in [6.45, 7) is 3.74. The van der Waals surface area contributed by atoms with Crippen molar-refractivity contribution in [3.05, 3.63) is 42.0 Å². The molecule has 8 nitrogen and oxygen atoms in total. The third-order valence-electron chi connectivity index (χ3n) is 3.13. The molecule has 0 saturated carbocycles. The first kappa shape index (κ1) is 20.6. The zero-order valence-electron chi connectivity index (χ0n) is 14.0. The van der Waals surface area contributed by atoms with Crippen molar-refractivity contribution in [1.82, 2.24) is 5.32 Å². The van der Waals surface area contributed by atoms with Gasteiger partial charge >= 0.3 is 11.9 Å². The molecule has 1 heterocycles. The molecule has 1 aromatic carbocycles. The number of nitrogens with one attached hydrogen (secondary N) is 1. The van der Waals surface area contributed by atoms with Gasteiger partial charge in [-0.15, -0.1) is 0 Å². The lowest BCUT2D eigenvalue weighted by Gasteiger charge is -2.23. The molecule has 0 amide bonds. The molecule has 3 N–H and O–H groups in total. The molecule has 0 bridgehead atoms. The Labute approximate surface area is 146 Å². The van der Waals surface area contributed by atoms with Crippen LogP contribution < -0.4 is 10.1 Å². The number of morpholine rings is 1. The number of rotatable bonds is 7. The fourth-order valence-corrected chi connectivity index (χ4v) is 1.99. The van der Waals surface area contributed by atoms with Crippen LogP contribution in [0.5, 0.6) is 5.75 Å². The molecule has 0 aliphatic carbocycles. The van der Waals surface area contributed by atoms with E-state index in [1.165, 1.54) is 0 Å². The van der Waals surface area contributed by atoms with E-state index in [0.29, 0.717) is 25.4 Å². The van der Waals surface area contributed by atoms with Gasteiger partial charge < -0.3 is 29.7 Å². The molecule has 138 valence electrons. The monoisotopic (exact) mass is 353 g/mol. The minimum Gasteiger partial charge on any atom is -0.496 e. The molecule has 0 aromatic heterocycles. The van der Waals surface area contributed by atoms with Crippen molar-refractivity contribution in [3.63, 3.8) is 0 Å². The smallest absolute Gasteiger partial charge is 0.328 e. The van der Waals surface area contributed by atoms with Crippen LogP contribution in [-0.4, -0.2) is 61.7 Å². The summed E-state index contributed by atoms with van der Waals surface area (Å²) in [5.74, 6) is -1.64. The predicted octanol–water partition coefficient (Wildman–Crippen LogP) is 0.912. The molecule has 2 rings (SSSR count). The summed E-state index contributed by atoms with van der Waals surface area (Å²) in [6.07, 6.45) is 1.28. The van der Waals surface area contributed by atoms with Gasteiger partial charge in [-0.1, -0.05) is 18.2 Å². The van der Waals surface area contributed by atoms with Crippen LogP contribution in [-0.2, 0) is 25.7 Å². The van der Waals surface area contributed by atoms with Crippen LogP contribution in [0.4, 0.5) is 0 Å². The Balaban J connectivity index is 0.000000333. The topological polar surface area (TPSA) is 114 Å². The first-order valence-electron chi connectivity index (χ1n) is 7.68. The largest absolute Gasteiger partial charge is 0.496 e. The van der Waals surface area contributed by atoms with Crippen molar-refractivity contribution in [2.75, 3.05) is 33.4 Å². The second kappa shape index (κ2) is 12.0. The van der Waals surface area contributed by atoms with Crippen molar-refractivity contribution in [1.29, 1.82) is 0 Å². The molecule has 25 heavy (non-hydrogen) atoms. The van der Waals surface area contributed by atoms with E-state index in [1.54, 1.807) is 7.11 Å². The molecule has 1 aliphatic heterocycles. The van der Waals surface area contributed by atoms with E-state index < -0.39 is 11.9 Å². The fraction of sp³-hybridized carbons (Fsp3) is 0.412. The highest BCUT2D eigenvalue weighted by Gasteiger charge is 2.13. The third-order valence-corrected chi connectivity index (χ3v) is 3.13. The number of hydrogen-bond donors (Lipinski definition) is 3. The molecular weight excluding hydrogens is 330 g/mol. The summed E-state index contributed by atoms with van der Waals surface area (Å²) in [6, 6.07) is 7.90. The lowest BCUT2D eigenvalue weighted by molar-refractivity contribution is -0.134.